The molecule has 1 atom stereocenters. The van der Waals surface area contributed by atoms with Crippen LogP contribution in [0.3, 0.4) is 0 Å². The smallest absolute Gasteiger partial charge is 0.183 e. The molecule has 2 rings (SSSR count). The molecule has 1 N–H and O–H groups in total. The lowest BCUT2D eigenvalue weighted by Gasteiger charge is -2.31. The summed E-state index contributed by atoms with van der Waals surface area (Å²) < 4.78 is 27.5. The van der Waals surface area contributed by atoms with Crippen molar-refractivity contribution in [2.45, 2.75) is 51.5 Å². The number of nitriles is 1. The van der Waals surface area contributed by atoms with Crippen LogP contribution in [0.2, 0.25) is 0 Å². The van der Waals surface area contributed by atoms with Gasteiger partial charge in [-0.3, -0.25) is 0 Å². The van der Waals surface area contributed by atoms with Gasteiger partial charge in [0.2, 0.25) is 0 Å². The normalized spacial score (nSPS) is 17.5. The van der Waals surface area contributed by atoms with Crippen molar-refractivity contribution in [2.24, 2.45) is 5.92 Å². The van der Waals surface area contributed by atoms with Crippen LogP contribution >= 0.6 is 0 Å². The van der Waals surface area contributed by atoms with E-state index >= 15 is 0 Å². The number of halogens is 2. The van der Waals surface area contributed by atoms with Crippen molar-refractivity contribution < 1.29 is 8.78 Å². The molecule has 0 spiro atoms. The fourth-order valence-electron chi connectivity index (χ4n) is 3.04. The lowest BCUT2D eigenvalue weighted by Crippen LogP contribution is -2.30. The molecule has 2 nitrogen and oxygen atoms in total. The third-order valence-corrected chi connectivity index (χ3v) is 4.20. The number of hydrogen-bond donors (Lipinski definition) is 1. The molecule has 1 saturated carbocycles. The first-order chi connectivity index (χ1) is 9.67. The average molecular weight is 278 g/mol. The maximum absolute atomic E-state index is 13.9. The molecule has 0 aromatic heterocycles. The van der Waals surface area contributed by atoms with E-state index in [0.29, 0.717) is 5.92 Å². The van der Waals surface area contributed by atoms with E-state index in [9.17, 15) is 8.78 Å². The zero-order valence-electron chi connectivity index (χ0n) is 11.8. The molecule has 1 aliphatic rings. The Hall–Kier alpha value is -1.63. The van der Waals surface area contributed by atoms with Crippen LogP contribution in [0.1, 0.15) is 51.0 Å². The zero-order valence-corrected chi connectivity index (χ0v) is 11.8. The third-order valence-electron chi connectivity index (χ3n) is 4.20. The van der Waals surface area contributed by atoms with Crippen molar-refractivity contribution in [3.05, 3.63) is 29.3 Å². The largest absolute Gasteiger partial charge is 0.380 e. The van der Waals surface area contributed by atoms with E-state index in [1.165, 1.54) is 31.4 Å². The van der Waals surface area contributed by atoms with Crippen molar-refractivity contribution in [3.63, 3.8) is 0 Å². The van der Waals surface area contributed by atoms with Gasteiger partial charge in [0.1, 0.15) is 6.07 Å². The fourth-order valence-corrected chi connectivity index (χ4v) is 3.04. The molecule has 1 fully saturated rings. The van der Waals surface area contributed by atoms with Crippen LogP contribution < -0.4 is 5.32 Å². The van der Waals surface area contributed by atoms with Crippen LogP contribution in [0.15, 0.2) is 12.1 Å². The van der Waals surface area contributed by atoms with Gasteiger partial charge >= 0.3 is 0 Å². The van der Waals surface area contributed by atoms with Crippen molar-refractivity contribution in [2.75, 3.05) is 5.32 Å². The minimum Gasteiger partial charge on any atom is -0.380 e. The lowest BCUT2D eigenvalue weighted by atomic mass is 9.83. The Morgan fingerprint density at radius 3 is 2.55 bits per heavy atom. The summed E-state index contributed by atoms with van der Waals surface area (Å²) in [6.07, 6.45) is 6.87. The quantitative estimate of drug-likeness (QED) is 0.873. The zero-order chi connectivity index (χ0) is 14.5. The number of nitrogens with zero attached hydrogens (tertiary/aromatic N) is 1. The van der Waals surface area contributed by atoms with Crippen molar-refractivity contribution in [1.82, 2.24) is 0 Å². The third kappa shape index (κ3) is 3.09. The standard InChI is InChI=1S/C16H20F2N2/c1-2-13(11-6-4-3-5-7-11)20-14-9-8-12(10-19)15(17)16(14)18/h8-9,11,13,20H,2-7H2,1H3. The van der Waals surface area contributed by atoms with Crippen molar-refractivity contribution >= 4 is 5.69 Å². The minimum absolute atomic E-state index is 0.164. The summed E-state index contributed by atoms with van der Waals surface area (Å²) >= 11 is 0. The Labute approximate surface area is 118 Å². The van der Waals surface area contributed by atoms with E-state index in [-0.39, 0.29) is 17.3 Å². The maximum Gasteiger partial charge on any atom is 0.183 e. The van der Waals surface area contributed by atoms with Gasteiger partial charge in [-0.2, -0.15) is 5.26 Å². The molecule has 0 radical (unpaired) electrons. The summed E-state index contributed by atoms with van der Waals surface area (Å²) in [5.41, 5.74) is -0.0855. The molecule has 1 aromatic carbocycles. The van der Waals surface area contributed by atoms with Crippen LogP contribution in [0.4, 0.5) is 14.5 Å². The first-order valence-corrected chi connectivity index (χ1v) is 7.32. The molecular weight excluding hydrogens is 258 g/mol. The van der Waals surface area contributed by atoms with Crippen LogP contribution in [-0.2, 0) is 0 Å². The topological polar surface area (TPSA) is 35.8 Å². The predicted molar refractivity (Wildman–Crippen MR) is 75.3 cm³/mol. The van der Waals surface area contributed by atoms with E-state index in [4.69, 9.17) is 5.26 Å². The molecule has 1 aromatic rings. The van der Waals surface area contributed by atoms with E-state index in [2.05, 4.69) is 12.2 Å². The Kier molecular flexibility index (Phi) is 4.94. The molecule has 4 heteroatoms. The summed E-state index contributed by atoms with van der Waals surface area (Å²) in [5.74, 6) is -1.49. The van der Waals surface area contributed by atoms with Gasteiger partial charge in [-0.1, -0.05) is 26.2 Å². The van der Waals surface area contributed by atoms with Gasteiger partial charge in [0.15, 0.2) is 11.6 Å². The number of benzene rings is 1. The highest BCUT2D eigenvalue weighted by Gasteiger charge is 2.24. The van der Waals surface area contributed by atoms with E-state index < -0.39 is 11.6 Å². The Morgan fingerprint density at radius 2 is 1.95 bits per heavy atom. The number of anilines is 1. The maximum atomic E-state index is 13.9. The predicted octanol–water partition coefficient (Wildman–Crippen LogP) is 4.61. The van der Waals surface area contributed by atoms with E-state index in [0.717, 1.165) is 19.3 Å². The molecule has 0 amide bonds. The minimum atomic E-state index is -1.06. The number of hydrogen-bond acceptors (Lipinski definition) is 2. The second-order valence-electron chi connectivity index (χ2n) is 5.46. The van der Waals surface area contributed by atoms with Gasteiger partial charge < -0.3 is 5.32 Å². The van der Waals surface area contributed by atoms with E-state index in [1.54, 1.807) is 6.07 Å². The molecule has 0 bridgehead atoms. The summed E-state index contributed by atoms with van der Waals surface area (Å²) in [6.45, 7) is 2.06. The molecule has 0 heterocycles. The van der Waals surface area contributed by atoms with Gasteiger partial charge in [-0.05, 0) is 37.3 Å². The van der Waals surface area contributed by atoms with E-state index in [1.807, 2.05) is 0 Å². The Bertz CT molecular complexity index is 502. The molecule has 20 heavy (non-hydrogen) atoms. The van der Waals surface area contributed by atoms with Gasteiger partial charge in [0.25, 0.3) is 0 Å². The van der Waals surface area contributed by atoms with Crippen LogP contribution in [0, 0.1) is 28.9 Å². The molecule has 1 aliphatic carbocycles. The van der Waals surface area contributed by atoms with Crippen LogP contribution in [0.5, 0.6) is 0 Å². The lowest BCUT2D eigenvalue weighted by molar-refractivity contribution is 0.312. The molecule has 108 valence electrons. The van der Waals surface area contributed by atoms with Gasteiger partial charge in [-0.25, -0.2) is 8.78 Å². The Morgan fingerprint density at radius 1 is 1.25 bits per heavy atom. The first kappa shape index (κ1) is 14.8. The highest BCUT2D eigenvalue weighted by atomic mass is 19.2. The number of nitrogens with one attached hydrogen (secondary N) is 1. The van der Waals surface area contributed by atoms with Crippen molar-refractivity contribution in [3.8, 4) is 6.07 Å². The summed E-state index contributed by atoms with van der Waals surface area (Å²) in [7, 11) is 0. The summed E-state index contributed by atoms with van der Waals surface area (Å²) in [4.78, 5) is 0. The van der Waals surface area contributed by atoms with Gasteiger partial charge in [-0.15, -0.1) is 0 Å². The van der Waals surface area contributed by atoms with Gasteiger partial charge in [0.05, 0.1) is 11.3 Å². The number of rotatable bonds is 4. The highest BCUT2D eigenvalue weighted by Crippen LogP contribution is 2.30. The molecule has 0 saturated heterocycles. The summed E-state index contributed by atoms with van der Waals surface area (Å²) in [5, 5.41) is 11.8. The molecule has 0 aliphatic heterocycles. The second kappa shape index (κ2) is 6.69. The fraction of sp³-hybridized carbons (Fsp3) is 0.562. The monoisotopic (exact) mass is 278 g/mol. The molecule has 1 unspecified atom stereocenters. The van der Waals surface area contributed by atoms with Crippen LogP contribution in [-0.4, -0.2) is 6.04 Å². The average Bonchev–Trinajstić information content (AvgIpc) is 2.50. The first-order valence-electron chi connectivity index (χ1n) is 7.32. The van der Waals surface area contributed by atoms with Crippen LogP contribution in [0.25, 0.3) is 0 Å². The highest BCUT2D eigenvalue weighted by molar-refractivity contribution is 5.50. The van der Waals surface area contributed by atoms with Gasteiger partial charge in [0, 0.05) is 6.04 Å². The van der Waals surface area contributed by atoms with Crippen molar-refractivity contribution in [1.29, 1.82) is 5.26 Å². The summed E-state index contributed by atoms with van der Waals surface area (Å²) in [6, 6.07) is 4.60. The Balaban J connectivity index is 2.15. The second-order valence-corrected chi connectivity index (χ2v) is 5.46. The SMILES string of the molecule is CCC(Nc1ccc(C#N)c(F)c1F)C1CCCCC1. The molecular formula is C16H20F2N2.